The van der Waals surface area contributed by atoms with Gasteiger partial charge in [0.25, 0.3) is 0 Å². The normalized spacial score (nSPS) is 11.7. The Balaban J connectivity index is 2.20. The molecule has 6 heteroatoms. The van der Waals surface area contributed by atoms with Gasteiger partial charge >= 0.3 is 0 Å². The van der Waals surface area contributed by atoms with Crippen LogP contribution in [-0.4, -0.2) is 29.3 Å². The highest BCUT2D eigenvalue weighted by molar-refractivity contribution is 9.10. The van der Waals surface area contributed by atoms with E-state index in [0.29, 0.717) is 18.7 Å². The molecule has 0 spiro atoms. The Morgan fingerprint density at radius 3 is 2.23 bits per heavy atom. The number of carbonyl (C=O) groups is 2. The summed E-state index contributed by atoms with van der Waals surface area (Å²) in [5.41, 5.74) is 1.64. The first-order valence-electron chi connectivity index (χ1n) is 8.46. The van der Waals surface area contributed by atoms with E-state index in [1.807, 2.05) is 31.2 Å². The van der Waals surface area contributed by atoms with Gasteiger partial charge in [0.1, 0.15) is 11.9 Å². The van der Waals surface area contributed by atoms with Gasteiger partial charge in [-0.15, -0.1) is 0 Å². The number of halogens is 2. The second-order valence-electron chi connectivity index (χ2n) is 6.02. The van der Waals surface area contributed by atoms with Crippen molar-refractivity contribution in [3.05, 3.63) is 69.9 Å². The lowest BCUT2D eigenvalue weighted by Crippen LogP contribution is -2.48. The second-order valence-corrected chi connectivity index (χ2v) is 6.94. The van der Waals surface area contributed by atoms with Crippen LogP contribution in [0.3, 0.4) is 0 Å². The highest BCUT2D eigenvalue weighted by Gasteiger charge is 2.25. The summed E-state index contributed by atoms with van der Waals surface area (Å²) in [5.74, 6) is -0.723. The third-order valence-corrected chi connectivity index (χ3v) is 4.58. The van der Waals surface area contributed by atoms with E-state index < -0.39 is 6.04 Å². The standard InChI is InChI=1S/C20H22BrFN2O2/c1-3-23-20(26)14(2)24(13-16-4-8-17(21)9-5-16)19(25)12-15-6-10-18(22)11-7-15/h4-11,14H,3,12-13H2,1-2H3,(H,23,26)/t14-/m1/s1. The fourth-order valence-corrected chi connectivity index (χ4v) is 2.83. The Morgan fingerprint density at radius 1 is 1.08 bits per heavy atom. The first-order chi connectivity index (χ1) is 12.4. The monoisotopic (exact) mass is 420 g/mol. The Kier molecular flexibility index (Phi) is 7.33. The molecule has 0 unspecified atom stereocenters. The Hall–Kier alpha value is -2.21. The quantitative estimate of drug-likeness (QED) is 0.742. The number of hydrogen-bond acceptors (Lipinski definition) is 2. The molecule has 0 saturated carbocycles. The highest BCUT2D eigenvalue weighted by atomic mass is 79.9. The fraction of sp³-hybridized carbons (Fsp3) is 0.300. The van der Waals surface area contributed by atoms with Crippen LogP contribution in [0.5, 0.6) is 0 Å². The van der Waals surface area contributed by atoms with Gasteiger partial charge in [-0.05, 0) is 49.2 Å². The molecule has 0 bridgehead atoms. The van der Waals surface area contributed by atoms with Gasteiger partial charge in [0, 0.05) is 17.6 Å². The zero-order chi connectivity index (χ0) is 19.1. The summed E-state index contributed by atoms with van der Waals surface area (Å²) in [5, 5.41) is 2.76. The van der Waals surface area contributed by atoms with Gasteiger partial charge in [-0.25, -0.2) is 4.39 Å². The Labute approximate surface area is 161 Å². The predicted molar refractivity (Wildman–Crippen MR) is 103 cm³/mol. The van der Waals surface area contributed by atoms with Crippen LogP contribution in [0.4, 0.5) is 4.39 Å². The van der Waals surface area contributed by atoms with E-state index in [1.165, 1.54) is 12.1 Å². The van der Waals surface area contributed by atoms with Gasteiger partial charge in [-0.2, -0.15) is 0 Å². The van der Waals surface area contributed by atoms with Crippen molar-refractivity contribution >= 4 is 27.7 Å². The van der Waals surface area contributed by atoms with Crippen LogP contribution in [0.1, 0.15) is 25.0 Å². The van der Waals surface area contributed by atoms with Crippen molar-refractivity contribution in [1.82, 2.24) is 10.2 Å². The molecule has 0 heterocycles. The third kappa shape index (κ3) is 5.66. The lowest BCUT2D eigenvalue weighted by Gasteiger charge is -2.29. The summed E-state index contributed by atoms with van der Waals surface area (Å²) in [6, 6.07) is 12.8. The minimum absolute atomic E-state index is 0.112. The van der Waals surface area contributed by atoms with Gasteiger partial charge in [0.15, 0.2) is 0 Å². The van der Waals surface area contributed by atoms with Gasteiger partial charge in [0.2, 0.25) is 11.8 Å². The van der Waals surface area contributed by atoms with Gasteiger partial charge in [-0.3, -0.25) is 9.59 Å². The Morgan fingerprint density at radius 2 is 1.65 bits per heavy atom. The lowest BCUT2D eigenvalue weighted by atomic mass is 10.1. The molecule has 0 saturated heterocycles. The van der Waals surface area contributed by atoms with Gasteiger partial charge in [-0.1, -0.05) is 40.2 Å². The Bertz CT molecular complexity index is 747. The molecule has 26 heavy (non-hydrogen) atoms. The average Bonchev–Trinajstić information content (AvgIpc) is 2.62. The lowest BCUT2D eigenvalue weighted by molar-refractivity contribution is -0.140. The van der Waals surface area contributed by atoms with Crippen molar-refractivity contribution in [2.24, 2.45) is 0 Å². The molecule has 0 fully saturated rings. The maximum Gasteiger partial charge on any atom is 0.242 e. The molecule has 4 nitrogen and oxygen atoms in total. The minimum atomic E-state index is -0.605. The van der Waals surface area contributed by atoms with E-state index in [-0.39, 0.29) is 24.1 Å². The molecule has 138 valence electrons. The number of nitrogens with zero attached hydrogens (tertiary/aromatic N) is 1. The molecular weight excluding hydrogens is 399 g/mol. The maximum atomic E-state index is 13.1. The van der Waals surface area contributed by atoms with Gasteiger partial charge < -0.3 is 10.2 Å². The summed E-state index contributed by atoms with van der Waals surface area (Å²) in [6.07, 6.45) is 0.112. The predicted octanol–water partition coefficient (Wildman–Crippen LogP) is 3.68. The molecule has 0 aromatic heterocycles. The van der Waals surface area contributed by atoms with Crippen molar-refractivity contribution < 1.29 is 14.0 Å². The molecule has 0 radical (unpaired) electrons. The molecule has 2 amide bonds. The van der Waals surface area contributed by atoms with Crippen molar-refractivity contribution in [2.45, 2.75) is 32.9 Å². The highest BCUT2D eigenvalue weighted by Crippen LogP contribution is 2.15. The summed E-state index contributed by atoms with van der Waals surface area (Å²) in [6.45, 7) is 4.38. The average molecular weight is 421 g/mol. The van der Waals surface area contributed by atoms with Crippen LogP contribution in [0.15, 0.2) is 53.0 Å². The number of nitrogens with one attached hydrogen (secondary N) is 1. The molecular formula is C20H22BrFN2O2. The van der Waals surface area contributed by atoms with Crippen LogP contribution in [0, 0.1) is 5.82 Å². The number of hydrogen-bond donors (Lipinski definition) is 1. The maximum absolute atomic E-state index is 13.1. The van der Waals surface area contributed by atoms with Crippen LogP contribution in [0.2, 0.25) is 0 Å². The van der Waals surface area contributed by atoms with E-state index in [4.69, 9.17) is 0 Å². The topological polar surface area (TPSA) is 49.4 Å². The summed E-state index contributed by atoms with van der Waals surface area (Å²) in [4.78, 5) is 26.7. The van der Waals surface area contributed by atoms with E-state index >= 15 is 0 Å². The van der Waals surface area contributed by atoms with E-state index in [9.17, 15) is 14.0 Å². The zero-order valence-electron chi connectivity index (χ0n) is 14.8. The SMILES string of the molecule is CCNC(=O)[C@@H](C)N(Cc1ccc(Br)cc1)C(=O)Cc1ccc(F)cc1. The summed E-state index contributed by atoms with van der Waals surface area (Å²) < 4.78 is 14.0. The number of amides is 2. The minimum Gasteiger partial charge on any atom is -0.355 e. The van der Waals surface area contributed by atoms with Crippen LogP contribution in [0.25, 0.3) is 0 Å². The molecule has 0 aliphatic carbocycles. The van der Waals surface area contributed by atoms with E-state index in [2.05, 4.69) is 21.2 Å². The van der Waals surface area contributed by atoms with Crippen LogP contribution >= 0.6 is 15.9 Å². The number of carbonyl (C=O) groups excluding carboxylic acids is 2. The molecule has 1 N–H and O–H groups in total. The van der Waals surface area contributed by atoms with Crippen molar-refractivity contribution in [3.8, 4) is 0 Å². The van der Waals surface area contributed by atoms with Crippen LogP contribution in [-0.2, 0) is 22.6 Å². The van der Waals surface area contributed by atoms with Crippen LogP contribution < -0.4 is 5.32 Å². The number of likely N-dealkylation sites (N-methyl/N-ethyl adjacent to an activating group) is 1. The third-order valence-electron chi connectivity index (χ3n) is 4.05. The number of benzene rings is 2. The largest absolute Gasteiger partial charge is 0.355 e. The molecule has 2 aromatic carbocycles. The molecule has 2 aromatic rings. The fourth-order valence-electron chi connectivity index (χ4n) is 2.57. The van der Waals surface area contributed by atoms with Crippen molar-refractivity contribution in [1.29, 1.82) is 0 Å². The zero-order valence-corrected chi connectivity index (χ0v) is 16.4. The smallest absolute Gasteiger partial charge is 0.242 e. The van der Waals surface area contributed by atoms with Crippen molar-refractivity contribution in [2.75, 3.05) is 6.54 Å². The summed E-state index contributed by atoms with van der Waals surface area (Å²) >= 11 is 3.39. The molecule has 1 atom stereocenters. The molecule has 2 rings (SSSR count). The first kappa shape index (κ1) is 20.1. The number of rotatable bonds is 7. The van der Waals surface area contributed by atoms with Crippen molar-refractivity contribution in [3.63, 3.8) is 0 Å². The van der Waals surface area contributed by atoms with Gasteiger partial charge in [0.05, 0.1) is 6.42 Å². The molecule has 0 aliphatic rings. The van der Waals surface area contributed by atoms with E-state index in [1.54, 1.807) is 24.0 Å². The second kappa shape index (κ2) is 9.48. The first-order valence-corrected chi connectivity index (χ1v) is 9.26. The van der Waals surface area contributed by atoms with E-state index in [0.717, 1.165) is 10.0 Å². The molecule has 0 aliphatic heterocycles. The summed E-state index contributed by atoms with van der Waals surface area (Å²) in [7, 11) is 0.